The van der Waals surface area contributed by atoms with E-state index >= 15 is 0 Å². The highest BCUT2D eigenvalue weighted by atomic mass is 32.2. The van der Waals surface area contributed by atoms with Crippen LogP contribution < -0.4 is 4.90 Å². The summed E-state index contributed by atoms with van der Waals surface area (Å²) >= 11 is 0. The van der Waals surface area contributed by atoms with Crippen molar-refractivity contribution in [2.24, 2.45) is 0 Å². The lowest BCUT2D eigenvalue weighted by Crippen LogP contribution is -2.34. The number of hydrogen-bond donors (Lipinski definition) is 0. The van der Waals surface area contributed by atoms with Gasteiger partial charge in [0, 0.05) is 30.1 Å². The average molecular weight is 372 g/mol. The van der Waals surface area contributed by atoms with Crippen LogP contribution in [0.3, 0.4) is 0 Å². The Labute approximate surface area is 162 Å². The first-order valence-electron chi connectivity index (χ1n) is 9.09. The predicted octanol–water partition coefficient (Wildman–Crippen LogP) is 4.93. The molecular weight excluding hydrogens is 352 g/mol. The predicted molar refractivity (Wildman–Crippen MR) is 111 cm³/mol. The number of anilines is 1. The molecule has 2 heterocycles. The van der Waals surface area contributed by atoms with Crippen LogP contribution in [-0.2, 0) is 10.8 Å². The van der Waals surface area contributed by atoms with E-state index in [2.05, 4.69) is 72.4 Å². The summed E-state index contributed by atoms with van der Waals surface area (Å²) in [6.45, 7) is 2.20. The molecule has 0 amide bonds. The van der Waals surface area contributed by atoms with Gasteiger partial charge in [-0.05, 0) is 42.8 Å². The molecule has 0 aromatic heterocycles. The maximum atomic E-state index is 12.8. The first-order valence-corrected chi connectivity index (χ1v) is 10.2. The lowest BCUT2D eigenvalue weighted by molar-refractivity contribution is 0.399. The molecule has 0 bridgehead atoms. The third-order valence-electron chi connectivity index (χ3n) is 5.51. The van der Waals surface area contributed by atoms with E-state index in [0.717, 1.165) is 26.5 Å². The molecule has 0 saturated heterocycles. The number of rotatable bonds is 2. The summed E-state index contributed by atoms with van der Waals surface area (Å²) in [6, 6.07) is 24.7. The highest BCUT2D eigenvalue weighted by molar-refractivity contribution is 7.85. The Morgan fingerprint density at radius 3 is 2.37 bits per heavy atom. The minimum atomic E-state index is -1.08. The Bertz CT molecular complexity index is 1090. The van der Waals surface area contributed by atoms with Gasteiger partial charge < -0.3 is 9.80 Å². The van der Waals surface area contributed by atoms with Crippen LogP contribution in [0.15, 0.2) is 88.8 Å². The molecule has 5 rings (SSSR count). The zero-order valence-corrected chi connectivity index (χ0v) is 16.1. The maximum Gasteiger partial charge on any atom is 0.103 e. The smallest absolute Gasteiger partial charge is 0.103 e. The zero-order valence-electron chi connectivity index (χ0n) is 15.3. The quantitative estimate of drug-likeness (QED) is 0.498. The molecule has 2 unspecified atom stereocenters. The fourth-order valence-electron chi connectivity index (χ4n) is 3.92. The zero-order chi connectivity index (χ0) is 18.5. The van der Waals surface area contributed by atoms with Gasteiger partial charge in [0.25, 0.3) is 0 Å². The van der Waals surface area contributed by atoms with Crippen molar-refractivity contribution in [2.75, 3.05) is 11.9 Å². The van der Waals surface area contributed by atoms with Gasteiger partial charge in [-0.15, -0.1) is 0 Å². The third kappa shape index (κ3) is 2.44. The van der Waals surface area contributed by atoms with Gasteiger partial charge in [-0.2, -0.15) is 0 Å². The van der Waals surface area contributed by atoms with E-state index in [0.29, 0.717) is 0 Å². The Morgan fingerprint density at radius 2 is 1.56 bits per heavy atom. The second-order valence-corrected chi connectivity index (χ2v) is 8.39. The summed E-state index contributed by atoms with van der Waals surface area (Å²) in [4.78, 5) is 6.40. The average Bonchev–Trinajstić information content (AvgIpc) is 3.17. The molecule has 3 aromatic rings. The van der Waals surface area contributed by atoms with Crippen molar-refractivity contribution in [3.63, 3.8) is 0 Å². The van der Waals surface area contributed by atoms with E-state index in [4.69, 9.17) is 0 Å². The molecule has 134 valence electrons. The van der Waals surface area contributed by atoms with E-state index in [9.17, 15) is 4.21 Å². The standard InChI is InChI=1S/C23H20N2OS/c1-16-24(2)21(15-25(16)18-8-4-3-5-9-18)17-12-13-23-20(14-17)19-10-6-7-11-22(19)27(23)26/h3-16H,1-2H3. The topological polar surface area (TPSA) is 23.6 Å². The molecule has 2 aliphatic heterocycles. The minimum absolute atomic E-state index is 0.233. The van der Waals surface area contributed by atoms with Gasteiger partial charge in [-0.3, -0.25) is 0 Å². The Morgan fingerprint density at radius 1 is 0.852 bits per heavy atom. The summed E-state index contributed by atoms with van der Waals surface area (Å²) < 4.78 is 12.8. The first kappa shape index (κ1) is 16.3. The first-order chi connectivity index (χ1) is 13.1. The number of para-hydroxylation sites is 1. The summed E-state index contributed by atoms with van der Waals surface area (Å²) in [5.41, 5.74) is 5.67. The van der Waals surface area contributed by atoms with Gasteiger partial charge >= 0.3 is 0 Å². The van der Waals surface area contributed by atoms with Gasteiger partial charge in [0.1, 0.15) is 6.17 Å². The second-order valence-electron chi connectivity index (χ2n) is 6.98. The lowest BCUT2D eigenvalue weighted by Gasteiger charge is -2.28. The fourth-order valence-corrected chi connectivity index (χ4v) is 5.29. The van der Waals surface area contributed by atoms with Crippen LogP contribution in [-0.4, -0.2) is 22.3 Å². The van der Waals surface area contributed by atoms with Crippen LogP contribution >= 0.6 is 0 Å². The Balaban J connectivity index is 1.60. The molecule has 3 aromatic carbocycles. The van der Waals surface area contributed by atoms with E-state index in [1.165, 1.54) is 11.4 Å². The van der Waals surface area contributed by atoms with Crippen molar-refractivity contribution in [1.82, 2.24) is 4.90 Å². The third-order valence-corrected chi connectivity index (χ3v) is 7.02. The number of fused-ring (bicyclic) bond motifs is 3. The van der Waals surface area contributed by atoms with Crippen molar-refractivity contribution in [3.8, 4) is 11.1 Å². The summed E-state index contributed by atoms with van der Waals surface area (Å²) in [6.07, 6.45) is 2.44. The molecule has 2 aliphatic rings. The van der Waals surface area contributed by atoms with Gasteiger partial charge in [-0.25, -0.2) is 4.21 Å². The lowest BCUT2D eigenvalue weighted by atomic mass is 10.0. The normalized spacial score (nSPS) is 20.4. The molecule has 0 fully saturated rings. The van der Waals surface area contributed by atoms with E-state index in [-0.39, 0.29) is 6.17 Å². The molecule has 3 nitrogen and oxygen atoms in total. The molecule has 0 aliphatic carbocycles. The highest BCUT2D eigenvalue weighted by Gasteiger charge is 2.30. The Hall–Kier alpha value is -2.85. The molecule has 0 spiro atoms. The monoisotopic (exact) mass is 372 g/mol. The summed E-state index contributed by atoms with van der Waals surface area (Å²) in [7, 11) is 1.05. The molecular formula is C23H20N2OS. The molecule has 0 N–H and O–H groups in total. The van der Waals surface area contributed by atoms with Gasteiger partial charge in [0.15, 0.2) is 0 Å². The minimum Gasteiger partial charge on any atom is -0.353 e. The second kappa shape index (κ2) is 6.10. The molecule has 0 radical (unpaired) electrons. The van der Waals surface area contributed by atoms with Crippen LogP contribution in [0.5, 0.6) is 0 Å². The number of benzene rings is 3. The highest BCUT2D eigenvalue weighted by Crippen LogP contribution is 2.42. The fraction of sp³-hybridized carbons (Fsp3) is 0.130. The summed E-state index contributed by atoms with van der Waals surface area (Å²) in [5, 5.41) is 0. The number of nitrogens with zero attached hydrogens (tertiary/aromatic N) is 2. The van der Waals surface area contributed by atoms with Crippen LogP contribution in [0.1, 0.15) is 12.5 Å². The maximum absolute atomic E-state index is 12.8. The van der Waals surface area contributed by atoms with Crippen LogP contribution in [0.25, 0.3) is 16.8 Å². The van der Waals surface area contributed by atoms with E-state index < -0.39 is 10.8 Å². The molecule has 27 heavy (non-hydrogen) atoms. The molecule has 2 atom stereocenters. The summed E-state index contributed by atoms with van der Waals surface area (Å²) in [5.74, 6) is 0. The van der Waals surface area contributed by atoms with Crippen molar-refractivity contribution in [3.05, 3.63) is 84.6 Å². The van der Waals surface area contributed by atoms with Crippen molar-refractivity contribution >= 4 is 22.2 Å². The molecule has 0 saturated carbocycles. The van der Waals surface area contributed by atoms with Crippen molar-refractivity contribution in [1.29, 1.82) is 0 Å². The van der Waals surface area contributed by atoms with Crippen molar-refractivity contribution in [2.45, 2.75) is 22.9 Å². The van der Waals surface area contributed by atoms with E-state index in [1.54, 1.807) is 0 Å². The van der Waals surface area contributed by atoms with Crippen LogP contribution in [0, 0.1) is 0 Å². The largest absolute Gasteiger partial charge is 0.353 e. The van der Waals surface area contributed by atoms with Gasteiger partial charge in [0.05, 0.1) is 26.3 Å². The van der Waals surface area contributed by atoms with Gasteiger partial charge in [0.2, 0.25) is 0 Å². The van der Waals surface area contributed by atoms with Crippen LogP contribution in [0.4, 0.5) is 5.69 Å². The Kier molecular flexibility index (Phi) is 3.69. The number of hydrogen-bond acceptors (Lipinski definition) is 3. The SMILES string of the molecule is CC1N(C)C(c2ccc3c(c2)-c2ccccc2S3=O)=CN1c1ccccc1. The van der Waals surface area contributed by atoms with Gasteiger partial charge in [-0.1, -0.05) is 42.5 Å². The molecule has 4 heteroatoms. The van der Waals surface area contributed by atoms with Crippen molar-refractivity contribution < 1.29 is 4.21 Å². The van der Waals surface area contributed by atoms with E-state index in [1.807, 2.05) is 30.3 Å². The van der Waals surface area contributed by atoms with Crippen LogP contribution in [0.2, 0.25) is 0 Å².